The SMILES string of the molecule is Cn1nnnc1SCC1(C(=O)O)CS[C@@H]2C(NC(=O)C(O)c3ccccc3)C(=O)N2C1. The van der Waals surface area contributed by atoms with Gasteiger partial charge < -0.3 is 20.4 Å². The second-order valence-electron chi connectivity index (χ2n) is 7.43. The van der Waals surface area contributed by atoms with Gasteiger partial charge in [0.2, 0.25) is 11.1 Å². The average Bonchev–Trinajstić information content (AvgIpc) is 3.20. The Kier molecular flexibility index (Phi) is 5.90. The number of aromatic nitrogens is 4. The molecule has 4 atom stereocenters. The van der Waals surface area contributed by atoms with Crippen LogP contribution in [0.5, 0.6) is 0 Å². The Morgan fingerprint density at radius 2 is 2.13 bits per heavy atom. The Balaban J connectivity index is 1.39. The van der Waals surface area contributed by atoms with Crippen molar-refractivity contribution in [1.29, 1.82) is 0 Å². The number of aryl methyl sites for hydroxylation is 1. The first-order chi connectivity index (χ1) is 14.8. The Morgan fingerprint density at radius 1 is 1.39 bits per heavy atom. The molecule has 0 aliphatic carbocycles. The van der Waals surface area contributed by atoms with E-state index in [4.69, 9.17) is 0 Å². The molecule has 2 aliphatic rings. The minimum absolute atomic E-state index is 0.0325. The summed E-state index contributed by atoms with van der Waals surface area (Å²) in [6, 6.07) is 7.64. The van der Waals surface area contributed by atoms with Crippen LogP contribution in [0.3, 0.4) is 0 Å². The van der Waals surface area contributed by atoms with Crippen molar-refractivity contribution in [2.75, 3.05) is 18.1 Å². The second kappa shape index (κ2) is 8.48. The second-order valence-corrected chi connectivity index (χ2v) is 9.47. The van der Waals surface area contributed by atoms with Crippen LogP contribution < -0.4 is 5.32 Å². The van der Waals surface area contributed by atoms with Gasteiger partial charge in [-0.2, -0.15) is 0 Å². The number of nitrogens with one attached hydrogen (secondary N) is 1. The number of aliphatic hydroxyl groups excluding tert-OH is 1. The number of aliphatic carboxylic acids is 1. The molecule has 31 heavy (non-hydrogen) atoms. The van der Waals surface area contributed by atoms with E-state index in [0.29, 0.717) is 10.7 Å². The van der Waals surface area contributed by atoms with Crippen LogP contribution in [-0.2, 0) is 21.4 Å². The number of nitrogens with zero attached hydrogens (tertiary/aromatic N) is 5. The number of amides is 2. The van der Waals surface area contributed by atoms with Crippen LogP contribution in [0, 0.1) is 5.41 Å². The first-order valence-corrected chi connectivity index (χ1v) is 11.4. The molecule has 11 nitrogen and oxygen atoms in total. The molecule has 0 spiro atoms. The third kappa shape index (κ3) is 4.00. The molecule has 0 bridgehead atoms. The third-order valence-electron chi connectivity index (χ3n) is 5.32. The van der Waals surface area contributed by atoms with Gasteiger partial charge >= 0.3 is 5.97 Å². The van der Waals surface area contributed by atoms with Crippen molar-refractivity contribution < 1.29 is 24.6 Å². The van der Waals surface area contributed by atoms with Crippen molar-refractivity contribution in [3.05, 3.63) is 35.9 Å². The van der Waals surface area contributed by atoms with Gasteiger partial charge in [0.25, 0.3) is 5.91 Å². The van der Waals surface area contributed by atoms with Crippen LogP contribution in [0.2, 0.25) is 0 Å². The van der Waals surface area contributed by atoms with E-state index < -0.39 is 29.4 Å². The highest BCUT2D eigenvalue weighted by Gasteiger charge is 2.57. The molecular weight excluding hydrogens is 444 g/mol. The minimum atomic E-state index is -1.38. The number of aliphatic hydroxyl groups is 1. The standard InChI is InChI=1S/C18H20N6O5S2/c1-23-17(20-21-22-23)31-9-18(16(28)29)7-24-14(27)11(15(24)30-8-18)19-13(26)12(25)10-5-3-2-4-6-10/h2-6,11-12,15,25H,7-9H2,1H3,(H,19,26)(H,28,29)/t11?,12?,15-,18?/m1/s1. The van der Waals surface area contributed by atoms with Crippen molar-refractivity contribution in [1.82, 2.24) is 30.4 Å². The first kappa shape index (κ1) is 21.6. The topological polar surface area (TPSA) is 151 Å². The minimum Gasteiger partial charge on any atom is -0.481 e. The fraction of sp³-hybridized carbons (Fsp3) is 0.444. The summed E-state index contributed by atoms with van der Waals surface area (Å²) in [6.07, 6.45) is -1.38. The normalized spacial score (nSPS) is 26.0. The number of rotatable bonds is 7. The Labute approximate surface area is 185 Å². The highest BCUT2D eigenvalue weighted by atomic mass is 32.2. The van der Waals surface area contributed by atoms with Gasteiger partial charge in [-0.15, -0.1) is 16.9 Å². The highest BCUT2D eigenvalue weighted by Crippen LogP contribution is 2.44. The Morgan fingerprint density at radius 3 is 2.77 bits per heavy atom. The Hall–Kier alpha value is -2.64. The zero-order valence-electron chi connectivity index (χ0n) is 16.4. The van der Waals surface area contributed by atoms with E-state index >= 15 is 0 Å². The summed E-state index contributed by atoms with van der Waals surface area (Å²) in [7, 11) is 1.66. The summed E-state index contributed by atoms with van der Waals surface area (Å²) in [5.41, 5.74) is -0.730. The summed E-state index contributed by atoms with van der Waals surface area (Å²) in [4.78, 5) is 38.6. The number of carbonyl (C=O) groups is 3. The van der Waals surface area contributed by atoms with E-state index in [-0.39, 0.29) is 29.3 Å². The van der Waals surface area contributed by atoms with Crippen molar-refractivity contribution in [3.8, 4) is 0 Å². The van der Waals surface area contributed by atoms with Crippen molar-refractivity contribution in [2.24, 2.45) is 12.5 Å². The van der Waals surface area contributed by atoms with E-state index in [1.807, 2.05) is 0 Å². The quantitative estimate of drug-likeness (QED) is 0.362. The van der Waals surface area contributed by atoms with Gasteiger partial charge in [-0.3, -0.25) is 14.4 Å². The van der Waals surface area contributed by atoms with E-state index in [1.54, 1.807) is 37.4 Å². The monoisotopic (exact) mass is 464 g/mol. The fourth-order valence-corrected chi connectivity index (χ4v) is 6.18. The summed E-state index contributed by atoms with van der Waals surface area (Å²) < 4.78 is 1.46. The van der Waals surface area contributed by atoms with Gasteiger partial charge in [0.05, 0.1) is 0 Å². The lowest BCUT2D eigenvalue weighted by Crippen LogP contribution is -2.74. The molecule has 1 aromatic heterocycles. The number of carboxylic acid groups (broad SMARTS) is 1. The smallest absolute Gasteiger partial charge is 0.313 e. The molecule has 2 aliphatic heterocycles. The highest BCUT2D eigenvalue weighted by molar-refractivity contribution is 8.00. The van der Waals surface area contributed by atoms with Crippen LogP contribution in [0.25, 0.3) is 0 Å². The maximum Gasteiger partial charge on any atom is 0.313 e. The number of thioether (sulfide) groups is 2. The van der Waals surface area contributed by atoms with Crippen LogP contribution in [-0.4, -0.2) is 82.6 Å². The molecule has 0 radical (unpaired) electrons. The third-order valence-corrected chi connectivity index (χ3v) is 8.21. The molecule has 4 rings (SSSR count). The van der Waals surface area contributed by atoms with E-state index in [0.717, 1.165) is 0 Å². The fourth-order valence-electron chi connectivity index (χ4n) is 3.47. The lowest BCUT2D eigenvalue weighted by Gasteiger charge is -2.53. The summed E-state index contributed by atoms with van der Waals surface area (Å²) in [6.45, 7) is 0.0325. The zero-order valence-corrected chi connectivity index (χ0v) is 18.0. The summed E-state index contributed by atoms with van der Waals surface area (Å²) in [5.74, 6) is -1.56. The Bertz CT molecular complexity index is 1000. The number of hydrogen-bond acceptors (Lipinski definition) is 9. The lowest BCUT2D eigenvalue weighted by molar-refractivity contribution is -0.158. The van der Waals surface area contributed by atoms with Gasteiger partial charge in [-0.1, -0.05) is 42.1 Å². The number of benzene rings is 1. The number of fused-ring (bicyclic) bond motifs is 1. The van der Waals surface area contributed by atoms with Crippen LogP contribution in [0.4, 0.5) is 0 Å². The number of tetrazole rings is 1. The predicted molar refractivity (Wildman–Crippen MR) is 111 cm³/mol. The molecule has 3 heterocycles. The van der Waals surface area contributed by atoms with Gasteiger partial charge in [-0.05, 0) is 16.0 Å². The lowest BCUT2D eigenvalue weighted by atomic mass is 9.89. The molecule has 13 heteroatoms. The van der Waals surface area contributed by atoms with Crippen molar-refractivity contribution >= 4 is 41.3 Å². The van der Waals surface area contributed by atoms with Gasteiger partial charge in [0.15, 0.2) is 6.10 Å². The molecule has 2 amide bonds. The number of β-lactam (4-membered cyclic amide) rings is 1. The van der Waals surface area contributed by atoms with Crippen LogP contribution >= 0.6 is 23.5 Å². The molecule has 3 unspecified atom stereocenters. The summed E-state index contributed by atoms with van der Waals surface area (Å²) >= 11 is 2.53. The average molecular weight is 465 g/mol. The van der Waals surface area contributed by atoms with Gasteiger partial charge in [-0.25, -0.2) is 4.68 Å². The molecule has 0 saturated carbocycles. The van der Waals surface area contributed by atoms with Crippen LogP contribution in [0.1, 0.15) is 11.7 Å². The summed E-state index contributed by atoms with van der Waals surface area (Å²) in [5, 5.41) is 34.0. The first-order valence-electron chi connectivity index (χ1n) is 9.36. The molecule has 2 saturated heterocycles. The largest absolute Gasteiger partial charge is 0.481 e. The van der Waals surface area contributed by atoms with Crippen molar-refractivity contribution in [3.63, 3.8) is 0 Å². The number of carboxylic acids is 1. The van der Waals surface area contributed by atoms with Gasteiger partial charge in [0, 0.05) is 25.1 Å². The van der Waals surface area contributed by atoms with E-state index in [9.17, 15) is 24.6 Å². The zero-order chi connectivity index (χ0) is 22.2. The molecule has 164 valence electrons. The van der Waals surface area contributed by atoms with Gasteiger partial charge in [0.1, 0.15) is 16.8 Å². The molecule has 2 aromatic rings. The number of hydrogen-bond donors (Lipinski definition) is 3. The molecule has 2 fully saturated rings. The maximum atomic E-state index is 12.7. The predicted octanol–water partition coefficient (Wildman–Crippen LogP) is -0.493. The van der Waals surface area contributed by atoms with E-state index in [2.05, 4.69) is 20.8 Å². The molecule has 3 N–H and O–H groups in total. The van der Waals surface area contributed by atoms with Crippen molar-refractivity contribution in [2.45, 2.75) is 22.7 Å². The van der Waals surface area contributed by atoms with E-state index in [1.165, 1.54) is 33.1 Å². The maximum absolute atomic E-state index is 12.7. The molecule has 1 aromatic carbocycles. The van der Waals surface area contributed by atoms with Crippen LogP contribution in [0.15, 0.2) is 35.5 Å². The molecular formula is C18H20N6O5S2. The number of carbonyl (C=O) groups excluding carboxylic acids is 2.